The van der Waals surface area contributed by atoms with Crippen molar-refractivity contribution in [3.63, 3.8) is 0 Å². The molecule has 0 spiro atoms. The summed E-state index contributed by atoms with van der Waals surface area (Å²) in [5, 5.41) is 7.38. The molecule has 2 atom stereocenters. The lowest BCUT2D eigenvalue weighted by Gasteiger charge is -2.29. The molecule has 0 saturated carbocycles. The molecule has 0 saturated heterocycles. The topological polar surface area (TPSA) is 68.8 Å². The molecule has 0 bridgehead atoms. The van der Waals surface area contributed by atoms with E-state index >= 15 is 0 Å². The molecular formula is C8H15N5. The van der Waals surface area contributed by atoms with E-state index in [2.05, 4.69) is 29.2 Å². The molecule has 5 nitrogen and oxygen atoms in total. The Morgan fingerprint density at radius 2 is 2.46 bits per heavy atom. The van der Waals surface area contributed by atoms with Gasteiger partial charge in [0.1, 0.15) is 0 Å². The number of rotatable bonds is 1. The molecule has 2 rings (SSSR count). The molecule has 0 fully saturated rings. The van der Waals surface area contributed by atoms with Gasteiger partial charge in [-0.25, -0.2) is 4.68 Å². The molecule has 3 N–H and O–H groups in total. The van der Waals surface area contributed by atoms with Gasteiger partial charge in [0.2, 0.25) is 11.9 Å². The van der Waals surface area contributed by atoms with Crippen LogP contribution in [0.5, 0.6) is 0 Å². The van der Waals surface area contributed by atoms with Gasteiger partial charge < -0.3 is 11.1 Å². The zero-order chi connectivity index (χ0) is 9.42. The third-order valence-corrected chi connectivity index (χ3v) is 2.62. The minimum absolute atomic E-state index is 0.357. The number of nitrogens with zero attached hydrogens (tertiary/aromatic N) is 3. The van der Waals surface area contributed by atoms with Crippen LogP contribution in [0, 0.1) is 5.92 Å². The molecule has 0 aromatic carbocycles. The van der Waals surface area contributed by atoms with Gasteiger partial charge in [0.15, 0.2) is 0 Å². The number of nitrogen functional groups attached to an aromatic ring is 1. The largest absolute Gasteiger partial charge is 0.366 e. The Kier molecular flexibility index (Phi) is 1.86. The van der Waals surface area contributed by atoms with Crippen LogP contribution in [0.15, 0.2) is 0 Å². The van der Waals surface area contributed by atoms with E-state index in [1.807, 2.05) is 4.68 Å². The lowest BCUT2D eigenvalue weighted by Crippen LogP contribution is -2.31. The zero-order valence-corrected chi connectivity index (χ0v) is 7.99. The normalized spacial score (nSPS) is 26.6. The summed E-state index contributed by atoms with van der Waals surface area (Å²) < 4.78 is 1.91. The molecule has 5 heteroatoms. The number of hydrogen-bond donors (Lipinski definition) is 2. The summed E-state index contributed by atoms with van der Waals surface area (Å²) in [6.07, 6.45) is 1.07. The molecule has 72 valence electrons. The first-order valence-electron chi connectivity index (χ1n) is 4.68. The predicted octanol–water partition coefficient (Wildman–Crippen LogP) is 0.873. The molecule has 1 aromatic heterocycles. The Bertz CT molecular complexity index is 305. The second kappa shape index (κ2) is 2.90. The molecule has 0 radical (unpaired) electrons. The van der Waals surface area contributed by atoms with Gasteiger partial charge in [-0.15, -0.1) is 5.10 Å². The van der Waals surface area contributed by atoms with Crippen LogP contribution in [0.2, 0.25) is 0 Å². The quantitative estimate of drug-likeness (QED) is 0.674. The van der Waals surface area contributed by atoms with Crippen molar-refractivity contribution in [3.05, 3.63) is 0 Å². The van der Waals surface area contributed by atoms with E-state index in [4.69, 9.17) is 5.73 Å². The number of aromatic nitrogens is 3. The number of hydrogen-bond acceptors (Lipinski definition) is 4. The van der Waals surface area contributed by atoms with Gasteiger partial charge >= 0.3 is 0 Å². The van der Waals surface area contributed by atoms with Crippen LogP contribution in [0.1, 0.15) is 26.3 Å². The van der Waals surface area contributed by atoms with E-state index in [1.54, 1.807) is 0 Å². The van der Waals surface area contributed by atoms with E-state index in [1.165, 1.54) is 0 Å². The monoisotopic (exact) mass is 181 g/mol. The Morgan fingerprint density at radius 3 is 3.15 bits per heavy atom. The highest BCUT2D eigenvalue weighted by molar-refractivity contribution is 5.34. The summed E-state index contributed by atoms with van der Waals surface area (Å²) in [6.45, 7) is 5.33. The molecule has 2 heterocycles. The molecule has 0 amide bonds. The second-order valence-electron chi connectivity index (χ2n) is 3.57. The van der Waals surface area contributed by atoms with Gasteiger partial charge in [0, 0.05) is 6.54 Å². The maximum atomic E-state index is 5.54. The standard InChI is InChI=1S/C8H15N5/c1-3-6-5(2)4-10-8-11-7(9)12-13(6)8/h5-6H,3-4H2,1-2H3,(H3,9,10,11,12). The molecule has 0 aliphatic carbocycles. The predicted molar refractivity (Wildman–Crippen MR) is 51.4 cm³/mol. The van der Waals surface area contributed by atoms with E-state index in [9.17, 15) is 0 Å². The van der Waals surface area contributed by atoms with Crippen LogP contribution in [-0.4, -0.2) is 21.3 Å². The Morgan fingerprint density at radius 1 is 1.69 bits per heavy atom. The van der Waals surface area contributed by atoms with Crippen LogP contribution in [-0.2, 0) is 0 Å². The highest BCUT2D eigenvalue weighted by atomic mass is 15.4. The van der Waals surface area contributed by atoms with Crippen molar-refractivity contribution in [1.29, 1.82) is 0 Å². The van der Waals surface area contributed by atoms with Crippen molar-refractivity contribution >= 4 is 11.9 Å². The molecular weight excluding hydrogens is 166 g/mol. The van der Waals surface area contributed by atoms with Crippen molar-refractivity contribution < 1.29 is 0 Å². The van der Waals surface area contributed by atoms with Crippen LogP contribution < -0.4 is 11.1 Å². The van der Waals surface area contributed by atoms with E-state index in [0.717, 1.165) is 18.9 Å². The van der Waals surface area contributed by atoms with E-state index < -0.39 is 0 Å². The van der Waals surface area contributed by atoms with Gasteiger partial charge in [-0.2, -0.15) is 4.98 Å². The minimum Gasteiger partial charge on any atom is -0.366 e. The third-order valence-electron chi connectivity index (χ3n) is 2.62. The van der Waals surface area contributed by atoms with Gasteiger partial charge in [0.05, 0.1) is 6.04 Å². The summed E-state index contributed by atoms with van der Waals surface area (Å²) in [4.78, 5) is 4.10. The fourth-order valence-corrected chi connectivity index (χ4v) is 1.90. The number of fused-ring (bicyclic) bond motifs is 1. The van der Waals surface area contributed by atoms with Gasteiger partial charge in [0.25, 0.3) is 0 Å². The molecule has 2 unspecified atom stereocenters. The van der Waals surface area contributed by atoms with Crippen LogP contribution in [0.4, 0.5) is 11.9 Å². The fraction of sp³-hybridized carbons (Fsp3) is 0.750. The lowest BCUT2D eigenvalue weighted by molar-refractivity contribution is 0.312. The van der Waals surface area contributed by atoms with Crippen molar-refractivity contribution in [1.82, 2.24) is 14.8 Å². The number of nitrogens with two attached hydrogens (primary N) is 1. The first-order chi connectivity index (χ1) is 6.22. The lowest BCUT2D eigenvalue weighted by atomic mass is 9.98. The third kappa shape index (κ3) is 1.24. The van der Waals surface area contributed by atoms with E-state index in [-0.39, 0.29) is 0 Å². The van der Waals surface area contributed by atoms with Crippen LogP contribution in [0.25, 0.3) is 0 Å². The molecule has 1 aliphatic heterocycles. The average Bonchev–Trinajstić information content (AvgIpc) is 2.45. The zero-order valence-electron chi connectivity index (χ0n) is 7.99. The smallest absolute Gasteiger partial charge is 0.241 e. The summed E-state index contributed by atoms with van der Waals surface area (Å²) >= 11 is 0. The second-order valence-corrected chi connectivity index (χ2v) is 3.57. The Hall–Kier alpha value is -1.26. The first kappa shape index (κ1) is 8.34. The Balaban J connectivity index is 2.38. The Labute approximate surface area is 77.3 Å². The van der Waals surface area contributed by atoms with Crippen molar-refractivity contribution in [2.24, 2.45) is 5.92 Å². The SMILES string of the molecule is CCC1C(C)CNc2nc(N)nn21. The molecule has 1 aromatic rings. The maximum absolute atomic E-state index is 5.54. The summed E-state index contributed by atoms with van der Waals surface area (Å²) in [5.74, 6) is 1.75. The molecule has 1 aliphatic rings. The van der Waals surface area contributed by atoms with Gasteiger partial charge in [-0.1, -0.05) is 13.8 Å². The maximum Gasteiger partial charge on any atom is 0.241 e. The van der Waals surface area contributed by atoms with Crippen molar-refractivity contribution in [2.45, 2.75) is 26.3 Å². The summed E-state index contributed by atoms with van der Waals surface area (Å²) in [5.41, 5.74) is 5.54. The van der Waals surface area contributed by atoms with Crippen molar-refractivity contribution in [3.8, 4) is 0 Å². The molecule has 13 heavy (non-hydrogen) atoms. The summed E-state index contributed by atoms with van der Waals surface area (Å²) in [7, 11) is 0. The minimum atomic E-state index is 0.357. The average molecular weight is 181 g/mol. The highest BCUT2D eigenvalue weighted by Gasteiger charge is 2.26. The first-order valence-corrected chi connectivity index (χ1v) is 4.68. The van der Waals surface area contributed by atoms with E-state index in [0.29, 0.717) is 17.9 Å². The van der Waals surface area contributed by atoms with Crippen molar-refractivity contribution in [2.75, 3.05) is 17.6 Å². The summed E-state index contributed by atoms with van der Waals surface area (Å²) in [6, 6.07) is 0.432. The van der Waals surface area contributed by atoms with Crippen LogP contribution in [0.3, 0.4) is 0 Å². The van der Waals surface area contributed by atoms with Gasteiger partial charge in [-0.3, -0.25) is 0 Å². The number of anilines is 2. The highest BCUT2D eigenvalue weighted by Crippen LogP contribution is 2.28. The van der Waals surface area contributed by atoms with Crippen LogP contribution >= 0.6 is 0 Å². The van der Waals surface area contributed by atoms with Gasteiger partial charge in [-0.05, 0) is 12.3 Å². The number of nitrogens with one attached hydrogen (secondary N) is 1. The fourth-order valence-electron chi connectivity index (χ4n) is 1.90.